The summed E-state index contributed by atoms with van der Waals surface area (Å²) in [4.78, 5) is 0. The Morgan fingerprint density at radius 2 is 1.83 bits per heavy atom. The Hall–Kier alpha value is -0.170. The van der Waals surface area contributed by atoms with E-state index in [2.05, 4.69) is 5.32 Å². The van der Waals surface area contributed by atoms with Crippen LogP contribution in [0, 0.1) is 0 Å². The second-order valence-corrected chi connectivity index (χ2v) is 8.77. The molecule has 5 nitrogen and oxygen atoms in total. The number of nitrogens with one attached hydrogen (secondary N) is 1. The Morgan fingerprint density at radius 1 is 1.28 bits per heavy atom. The van der Waals surface area contributed by atoms with Crippen molar-refractivity contribution >= 4 is 9.84 Å². The quantitative estimate of drug-likeness (QED) is 0.758. The summed E-state index contributed by atoms with van der Waals surface area (Å²) in [6, 6.07) is 0. The van der Waals surface area contributed by atoms with Crippen LogP contribution in [-0.2, 0) is 14.6 Å². The normalized spacial score (nSPS) is 20.9. The molecule has 0 bridgehead atoms. The average molecular weight is 279 g/mol. The standard InChI is InChI=1S/C12H25NO4S/c1-11(2,3)18(15,16)9-6-13-12(10-14)4-7-17-8-5-12/h13-14H,4-10H2,1-3H3. The van der Waals surface area contributed by atoms with Crippen LogP contribution in [0.25, 0.3) is 0 Å². The van der Waals surface area contributed by atoms with Crippen molar-refractivity contribution in [3.63, 3.8) is 0 Å². The zero-order valence-electron chi connectivity index (χ0n) is 11.5. The van der Waals surface area contributed by atoms with Gasteiger partial charge in [-0.1, -0.05) is 0 Å². The number of hydrogen-bond acceptors (Lipinski definition) is 5. The molecule has 6 heteroatoms. The summed E-state index contributed by atoms with van der Waals surface area (Å²) in [5.74, 6) is 0.0963. The first-order valence-corrected chi connectivity index (χ1v) is 8.04. The highest BCUT2D eigenvalue weighted by atomic mass is 32.2. The van der Waals surface area contributed by atoms with E-state index in [0.29, 0.717) is 19.8 Å². The molecule has 1 rings (SSSR count). The third-order valence-corrected chi connectivity index (χ3v) is 6.16. The largest absolute Gasteiger partial charge is 0.394 e. The molecule has 1 heterocycles. The minimum absolute atomic E-state index is 0.0198. The third-order valence-electron chi connectivity index (χ3n) is 3.56. The average Bonchev–Trinajstić information content (AvgIpc) is 2.28. The lowest BCUT2D eigenvalue weighted by atomic mass is 9.91. The molecular formula is C12H25NO4S. The lowest BCUT2D eigenvalue weighted by molar-refractivity contribution is 0.0130. The van der Waals surface area contributed by atoms with Gasteiger partial charge in [-0.2, -0.15) is 0 Å². The number of rotatable bonds is 5. The van der Waals surface area contributed by atoms with E-state index in [4.69, 9.17) is 4.74 Å². The molecule has 0 unspecified atom stereocenters. The Balaban J connectivity index is 2.50. The number of aliphatic hydroxyl groups excluding tert-OH is 1. The minimum atomic E-state index is -3.11. The van der Waals surface area contributed by atoms with Gasteiger partial charge in [0.15, 0.2) is 9.84 Å². The molecule has 0 aromatic carbocycles. The van der Waals surface area contributed by atoms with Gasteiger partial charge in [-0.25, -0.2) is 8.42 Å². The highest BCUT2D eigenvalue weighted by Crippen LogP contribution is 2.20. The smallest absolute Gasteiger partial charge is 0.156 e. The Bertz CT molecular complexity index is 353. The lowest BCUT2D eigenvalue weighted by Crippen LogP contribution is -2.53. The first kappa shape index (κ1) is 15.9. The topological polar surface area (TPSA) is 75.6 Å². The first-order chi connectivity index (χ1) is 8.22. The van der Waals surface area contributed by atoms with Gasteiger partial charge in [-0.15, -0.1) is 0 Å². The van der Waals surface area contributed by atoms with Gasteiger partial charge in [0, 0.05) is 25.3 Å². The van der Waals surface area contributed by atoms with Gasteiger partial charge < -0.3 is 15.2 Å². The van der Waals surface area contributed by atoms with Crippen LogP contribution >= 0.6 is 0 Å². The molecule has 18 heavy (non-hydrogen) atoms. The minimum Gasteiger partial charge on any atom is -0.394 e. The molecule has 0 aromatic heterocycles. The van der Waals surface area contributed by atoms with E-state index in [1.807, 2.05) is 0 Å². The fourth-order valence-electron chi connectivity index (χ4n) is 1.91. The summed E-state index contributed by atoms with van der Waals surface area (Å²) in [6.07, 6.45) is 1.44. The van der Waals surface area contributed by atoms with Crippen molar-refractivity contribution in [1.29, 1.82) is 0 Å². The molecule has 1 aliphatic rings. The van der Waals surface area contributed by atoms with E-state index in [-0.39, 0.29) is 17.9 Å². The predicted octanol–water partition coefficient (Wildman–Crippen LogP) is 0.331. The van der Waals surface area contributed by atoms with Gasteiger partial charge in [-0.3, -0.25) is 0 Å². The van der Waals surface area contributed by atoms with Crippen molar-refractivity contribution in [3.8, 4) is 0 Å². The molecule has 1 aliphatic heterocycles. The van der Waals surface area contributed by atoms with Gasteiger partial charge >= 0.3 is 0 Å². The van der Waals surface area contributed by atoms with Crippen molar-refractivity contribution in [2.45, 2.75) is 43.9 Å². The molecule has 0 aliphatic carbocycles. The number of ether oxygens (including phenoxy) is 1. The van der Waals surface area contributed by atoms with Crippen molar-refractivity contribution in [2.24, 2.45) is 0 Å². The van der Waals surface area contributed by atoms with Gasteiger partial charge in [0.1, 0.15) is 0 Å². The van der Waals surface area contributed by atoms with Crippen LogP contribution in [0.3, 0.4) is 0 Å². The summed E-state index contributed by atoms with van der Waals surface area (Å²) in [7, 11) is -3.11. The molecule has 0 atom stereocenters. The zero-order valence-corrected chi connectivity index (χ0v) is 12.3. The summed E-state index contributed by atoms with van der Waals surface area (Å²) < 4.78 is 28.5. The Kier molecular flexibility index (Phi) is 5.17. The van der Waals surface area contributed by atoms with Crippen molar-refractivity contribution < 1.29 is 18.3 Å². The molecule has 0 radical (unpaired) electrons. The second-order valence-electron chi connectivity index (χ2n) is 5.91. The predicted molar refractivity (Wildman–Crippen MR) is 71.4 cm³/mol. The van der Waals surface area contributed by atoms with E-state index < -0.39 is 14.6 Å². The van der Waals surface area contributed by atoms with E-state index in [0.717, 1.165) is 12.8 Å². The number of hydrogen-bond donors (Lipinski definition) is 2. The molecule has 1 saturated heterocycles. The lowest BCUT2D eigenvalue weighted by Gasteiger charge is -2.36. The van der Waals surface area contributed by atoms with Crippen LogP contribution in [0.5, 0.6) is 0 Å². The van der Waals surface area contributed by atoms with Crippen LogP contribution < -0.4 is 5.32 Å². The maximum absolute atomic E-state index is 12.0. The molecule has 1 fully saturated rings. The van der Waals surface area contributed by atoms with E-state index in [1.54, 1.807) is 20.8 Å². The van der Waals surface area contributed by atoms with E-state index in [9.17, 15) is 13.5 Å². The fourth-order valence-corrected chi connectivity index (χ4v) is 2.89. The summed E-state index contributed by atoms with van der Waals surface area (Å²) in [6.45, 7) is 6.74. The monoisotopic (exact) mass is 279 g/mol. The Labute approximate surface area is 110 Å². The molecule has 2 N–H and O–H groups in total. The molecule has 0 aromatic rings. The highest BCUT2D eigenvalue weighted by molar-refractivity contribution is 7.92. The second kappa shape index (κ2) is 5.86. The van der Waals surface area contributed by atoms with Crippen LogP contribution in [-0.4, -0.2) is 55.9 Å². The summed E-state index contributed by atoms with van der Waals surface area (Å²) >= 11 is 0. The summed E-state index contributed by atoms with van der Waals surface area (Å²) in [5, 5.41) is 12.7. The van der Waals surface area contributed by atoms with Crippen LogP contribution in [0.4, 0.5) is 0 Å². The van der Waals surface area contributed by atoms with E-state index >= 15 is 0 Å². The van der Waals surface area contributed by atoms with Crippen LogP contribution in [0.2, 0.25) is 0 Å². The fraction of sp³-hybridized carbons (Fsp3) is 1.00. The van der Waals surface area contributed by atoms with Gasteiger partial charge in [-0.05, 0) is 33.6 Å². The van der Waals surface area contributed by atoms with Crippen LogP contribution in [0.1, 0.15) is 33.6 Å². The van der Waals surface area contributed by atoms with E-state index in [1.165, 1.54) is 0 Å². The molecule has 108 valence electrons. The van der Waals surface area contributed by atoms with Crippen LogP contribution in [0.15, 0.2) is 0 Å². The van der Waals surface area contributed by atoms with Gasteiger partial charge in [0.25, 0.3) is 0 Å². The number of aliphatic hydroxyl groups is 1. The molecule has 0 saturated carbocycles. The maximum Gasteiger partial charge on any atom is 0.156 e. The number of sulfone groups is 1. The maximum atomic E-state index is 12.0. The first-order valence-electron chi connectivity index (χ1n) is 6.38. The molecule has 0 spiro atoms. The third kappa shape index (κ3) is 3.91. The molecular weight excluding hydrogens is 254 g/mol. The van der Waals surface area contributed by atoms with Gasteiger partial charge in [0.2, 0.25) is 0 Å². The van der Waals surface area contributed by atoms with Crippen molar-refractivity contribution in [3.05, 3.63) is 0 Å². The SMILES string of the molecule is CC(C)(C)S(=O)(=O)CCNC1(CO)CCOCC1. The highest BCUT2D eigenvalue weighted by Gasteiger charge is 2.33. The van der Waals surface area contributed by atoms with Crippen molar-refractivity contribution in [1.82, 2.24) is 5.32 Å². The Morgan fingerprint density at radius 3 is 2.28 bits per heavy atom. The van der Waals surface area contributed by atoms with Gasteiger partial charge in [0.05, 0.1) is 17.1 Å². The summed E-state index contributed by atoms with van der Waals surface area (Å²) in [5.41, 5.74) is -0.369. The molecule has 0 amide bonds. The van der Waals surface area contributed by atoms with Crippen molar-refractivity contribution in [2.75, 3.05) is 32.1 Å². The zero-order chi connectivity index (χ0) is 13.9.